The van der Waals surface area contributed by atoms with Crippen LogP contribution in [0.2, 0.25) is 0 Å². The molecule has 0 saturated carbocycles. The van der Waals surface area contributed by atoms with Gasteiger partial charge in [0, 0.05) is 65.8 Å². The minimum atomic E-state index is -0.338. The number of nitrogens with zero attached hydrogens (tertiary/aromatic N) is 1. The van der Waals surface area contributed by atoms with Crippen molar-refractivity contribution in [2.45, 2.75) is 257 Å². The molecule has 3 nitrogen and oxygen atoms in total. The van der Waals surface area contributed by atoms with Crippen molar-refractivity contribution < 1.29 is 8.83 Å². The van der Waals surface area contributed by atoms with Gasteiger partial charge in [-0.25, -0.2) is 0 Å². The van der Waals surface area contributed by atoms with Crippen molar-refractivity contribution in [2.75, 3.05) is 4.90 Å². The SMILES string of the molecule is CCCCCCCCC1(CCCCCCCC)c2cc(N(c3ccccc3)c3ccc4c(c3)C(C)(C)c3c5c(c6c(oc7ccccc76)c3-4)-c3ccccc3C5(C)C)ccc2-c2cc3c(cc21)-c1c(ccc2oc4ccccc4c12)C3(CCCCCCCC)CCCCCCCC. The lowest BCUT2D eigenvalue weighted by Gasteiger charge is -2.35. The highest BCUT2D eigenvalue weighted by molar-refractivity contribution is 6.21. The number of hydrogen-bond donors (Lipinski definition) is 0. The van der Waals surface area contributed by atoms with Crippen LogP contribution in [0.1, 0.15) is 280 Å². The van der Waals surface area contributed by atoms with E-state index in [1.165, 1.54) is 272 Å². The van der Waals surface area contributed by atoms with Gasteiger partial charge in [0.05, 0.1) is 0 Å². The van der Waals surface area contributed by atoms with E-state index >= 15 is 0 Å². The van der Waals surface area contributed by atoms with Gasteiger partial charge in [-0.15, -0.1) is 0 Å². The Morgan fingerprint density at radius 1 is 0.289 bits per heavy atom. The Morgan fingerprint density at radius 3 is 1.34 bits per heavy atom. The summed E-state index contributed by atoms with van der Waals surface area (Å²) in [5.41, 5.74) is 29.9. The van der Waals surface area contributed by atoms with Crippen molar-refractivity contribution in [3.05, 3.63) is 208 Å². The van der Waals surface area contributed by atoms with E-state index in [2.05, 4.69) is 224 Å². The molecule has 0 aliphatic heterocycles. The van der Waals surface area contributed by atoms with Gasteiger partial charge in [0.15, 0.2) is 0 Å². The standard InChI is InChI=1S/C94H107NO2/c1-9-13-17-21-25-38-56-93(57-39-26-22-18-14-10-2)75-54-55-82-84(70-45-33-36-48-80(70)96-82)83(75)73-63-78-72(62-79(73)93)67-52-50-66(61-77(67)94(78,58-40-27-23-19-15-11-3)59-41-28-24-20-16-12-4)95(64-42-30-29-31-43-64)65-51-53-69-76(60-65)92(7,8)89-87(69)90-86(71-46-34-37-49-81(71)97-90)85-68-44-32-35-47-74(68)91(5,6)88(85)89/h29-37,42-55,60-63H,9-28,38-41,56-59H2,1-8H3. The number of anilines is 3. The Balaban J connectivity index is 0.926. The van der Waals surface area contributed by atoms with Crippen LogP contribution in [-0.2, 0) is 21.7 Å². The molecule has 9 aromatic carbocycles. The molecule has 97 heavy (non-hydrogen) atoms. The zero-order valence-corrected chi connectivity index (χ0v) is 60.2. The molecule has 2 heterocycles. The minimum absolute atomic E-state index is 0.0905. The monoisotopic (exact) mass is 1280 g/mol. The Kier molecular flexibility index (Phi) is 18.3. The molecular weight excluding hydrogens is 1180 g/mol. The summed E-state index contributed by atoms with van der Waals surface area (Å²) in [7, 11) is 0. The van der Waals surface area contributed by atoms with Gasteiger partial charge in [-0.3, -0.25) is 0 Å². The highest BCUT2D eigenvalue weighted by atomic mass is 16.3. The van der Waals surface area contributed by atoms with Crippen molar-refractivity contribution >= 4 is 60.9 Å². The van der Waals surface area contributed by atoms with Crippen LogP contribution in [-0.4, -0.2) is 0 Å². The topological polar surface area (TPSA) is 29.5 Å². The van der Waals surface area contributed by atoms with Crippen LogP contribution >= 0.6 is 0 Å². The molecule has 0 amide bonds. The molecule has 0 saturated heterocycles. The summed E-state index contributed by atoms with van der Waals surface area (Å²) in [4.78, 5) is 2.62. The molecule has 0 atom stereocenters. The summed E-state index contributed by atoms with van der Waals surface area (Å²) < 4.78 is 14.1. The van der Waals surface area contributed by atoms with Crippen LogP contribution in [0.5, 0.6) is 0 Å². The van der Waals surface area contributed by atoms with Gasteiger partial charge < -0.3 is 13.7 Å². The Labute approximate surface area is 580 Å². The van der Waals surface area contributed by atoms with Crippen molar-refractivity contribution in [3.63, 3.8) is 0 Å². The van der Waals surface area contributed by atoms with Gasteiger partial charge in [-0.1, -0.05) is 307 Å². The number of benzene rings is 9. The van der Waals surface area contributed by atoms with Gasteiger partial charge in [0.25, 0.3) is 0 Å². The zero-order chi connectivity index (χ0) is 66.5. The van der Waals surface area contributed by atoms with Crippen LogP contribution in [0.3, 0.4) is 0 Å². The molecule has 11 aromatic rings. The van der Waals surface area contributed by atoms with E-state index in [0.29, 0.717) is 0 Å². The van der Waals surface area contributed by atoms with E-state index in [-0.39, 0.29) is 21.7 Å². The third-order valence-corrected chi connectivity index (χ3v) is 24.6. The molecule has 3 heteroatoms. The van der Waals surface area contributed by atoms with Crippen LogP contribution in [0.15, 0.2) is 173 Å². The lowest BCUT2D eigenvalue weighted by molar-refractivity contribution is 0.394. The maximum Gasteiger partial charge on any atom is 0.144 e. The fourth-order valence-corrected chi connectivity index (χ4v) is 19.7. The number of unbranched alkanes of at least 4 members (excludes halogenated alkanes) is 20. The molecule has 0 N–H and O–H groups in total. The molecule has 0 spiro atoms. The second kappa shape index (κ2) is 27.2. The van der Waals surface area contributed by atoms with E-state index in [0.717, 1.165) is 35.2 Å². The normalized spacial score (nSPS) is 15.3. The molecule has 4 aliphatic carbocycles. The maximum atomic E-state index is 7.20. The maximum absolute atomic E-state index is 7.20. The third-order valence-electron chi connectivity index (χ3n) is 24.6. The molecular formula is C94H107NO2. The smallest absolute Gasteiger partial charge is 0.144 e. The molecule has 0 bridgehead atoms. The first kappa shape index (κ1) is 65.3. The lowest BCUT2D eigenvalue weighted by Crippen LogP contribution is -2.27. The first-order chi connectivity index (χ1) is 47.5. The summed E-state index contributed by atoms with van der Waals surface area (Å²) in [5.74, 6) is 0. The molecule has 15 rings (SSSR count). The summed E-state index contributed by atoms with van der Waals surface area (Å²) in [6, 6.07) is 64.2. The second-order valence-corrected chi connectivity index (χ2v) is 31.4. The molecule has 0 radical (unpaired) electrons. The van der Waals surface area contributed by atoms with Crippen LogP contribution < -0.4 is 4.90 Å². The number of para-hydroxylation sites is 3. The van der Waals surface area contributed by atoms with Gasteiger partial charge in [0.2, 0.25) is 0 Å². The molecule has 2 aromatic heterocycles. The second-order valence-electron chi connectivity index (χ2n) is 31.4. The quantitative estimate of drug-likeness (QED) is 0.0406. The van der Waals surface area contributed by atoms with Crippen molar-refractivity contribution in [1.82, 2.24) is 0 Å². The Morgan fingerprint density at radius 2 is 0.732 bits per heavy atom. The van der Waals surface area contributed by atoms with Gasteiger partial charge in [0.1, 0.15) is 22.3 Å². The highest BCUT2D eigenvalue weighted by Crippen LogP contribution is 2.66. The van der Waals surface area contributed by atoms with Gasteiger partial charge >= 0.3 is 0 Å². The van der Waals surface area contributed by atoms with Gasteiger partial charge in [-0.2, -0.15) is 0 Å². The lowest BCUT2D eigenvalue weighted by atomic mass is 9.68. The first-order valence-electron chi connectivity index (χ1n) is 38.9. The van der Waals surface area contributed by atoms with Crippen molar-refractivity contribution in [1.29, 1.82) is 0 Å². The van der Waals surface area contributed by atoms with E-state index in [1.54, 1.807) is 22.3 Å². The predicted molar refractivity (Wildman–Crippen MR) is 415 cm³/mol. The molecule has 0 unspecified atom stereocenters. The van der Waals surface area contributed by atoms with Gasteiger partial charge in [-0.05, 0) is 176 Å². The summed E-state index contributed by atoms with van der Waals surface area (Å²) in [5, 5.41) is 5.04. The predicted octanol–water partition coefficient (Wildman–Crippen LogP) is 29.1. The molecule has 0 fully saturated rings. The number of furan rings is 2. The zero-order valence-electron chi connectivity index (χ0n) is 60.2. The largest absolute Gasteiger partial charge is 0.456 e. The van der Waals surface area contributed by atoms with Crippen LogP contribution in [0.25, 0.3) is 88.4 Å². The molecule has 500 valence electrons. The number of fused-ring (bicyclic) bond motifs is 22. The Bertz CT molecular complexity index is 4640. The first-order valence-corrected chi connectivity index (χ1v) is 38.9. The number of hydrogen-bond acceptors (Lipinski definition) is 3. The minimum Gasteiger partial charge on any atom is -0.456 e. The summed E-state index contributed by atoms with van der Waals surface area (Å²) >= 11 is 0. The van der Waals surface area contributed by atoms with Crippen molar-refractivity contribution in [2.24, 2.45) is 0 Å². The van der Waals surface area contributed by atoms with E-state index in [4.69, 9.17) is 8.83 Å². The molecule has 4 aliphatic rings. The third kappa shape index (κ3) is 11.0. The van der Waals surface area contributed by atoms with Crippen LogP contribution in [0, 0.1) is 0 Å². The van der Waals surface area contributed by atoms with E-state index < -0.39 is 0 Å². The average molecular weight is 1280 g/mol. The highest BCUT2D eigenvalue weighted by Gasteiger charge is 2.51. The number of rotatable bonds is 31. The summed E-state index contributed by atoms with van der Waals surface area (Å²) in [6.45, 7) is 19.4. The van der Waals surface area contributed by atoms with Crippen molar-refractivity contribution in [3.8, 4) is 44.5 Å². The summed E-state index contributed by atoms with van der Waals surface area (Å²) in [6.07, 6.45) is 35.7. The Hall–Kier alpha value is -7.62. The van der Waals surface area contributed by atoms with E-state index in [9.17, 15) is 0 Å². The average Bonchev–Trinajstić information content (AvgIpc) is 1.52. The van der Waals surface area contributed by atoms with E-state index in [1.807, 2.05) is 0 Å². The fraction of sp³-hybridized carbons (Fsp3) is 0.426. The fourth-order valence-electron chi connectivity index (χ4n) is 19.7. The van der Waals surface area contributed by atoms with Crippen LogP contribution in [0.4, 0.5) is 17.1 Å².